The zero-order valence-electron chi connectivity index (χ0n) is 12.5. The first-order valence-corrected chi connectivity index (χ1v) is 7.35. The summed E-state index contributed by atoms with van der Waals surface area (Å²) in [5.41, 5.74) is 1.82. The molecule has 0 saturated heterocycles. The average molecular weight is 320 g/mol. The summed E-state index contributed by atoms with van der Waals surface area (Å²) in [5.74, 6) is -1.51. The first-order chi connectivity index (χ1) is 11.7. The molecule has 24 heavy (non-hydrogen) atoms. The summed E-state index contributed by atoms with van der Waals surface area (Å²) >= 11 is 0. The third kappa shape index (κ3) is 2.08. The number of esters is 1. The van der Waals surface area contributed by atoms with Crippen LogP contribution >= 0.6 is 0 Å². The van der Waals surface area contributed by atoms with Gasteiger partial charge in [-0.3, -0.25) is 9.59 Å². The zero-order valence-corrected chi connectivity index (χ0v) is 12.5. The Bertz CT molecular complexity index is 954. The quantitative estimate of drug-likeness (QED) is 0.594. The highest BCUT2D eigenvalue weighted by Gasteiger charge is 2.35. The monoisotopic (exact) mass is 320 g/mol. The molecule has 0 radical (unpaired) electrons. The van der Waals surface area contributed by atoms with Crippen LogP contribution in [0.4, 0.5) is 0 Å². The number of rotatable bonds is 3. The molecule has 118 valence electrons. The van der Waals surface area contributed by atoms with E-state index in [2.05, 4.69) is 4.98 Å². The van der Waals surface area contributed by atoms with Gasteiger partial charge in [-0.25, -0.2) is 9.69 Å². The number of benzene rings is 2. The molecule has 0 spiro atoms. The summed E-state index contributed by atoms with van der Waals surface area (Å²) in [5, 5.41) is 0.727. The standard InChI is InChI=1S/C18H12N2O4/c21-16-12-6-1-2-7-13(12)17(22)20(16)10-24-18(23)14-9-19-15-8-4-3-5-11(14)15/h1-9,19H,10H2. The molecule has 0 aliphatic carbocycles. The molecule has 1 aromatic heterocycles. The molecule has 4 rings (SSSR count). The van der Waals surface area contributed by atoms with Gasteiger partial charge in [0.25, 0.3) is 11.8 Å². The number of para-hydroxylation sites is 1. The van der Waals surface area contributed by atoms with E-state index in [0.29, 0.717) is 16.7 Å². The lowest BCUT2D eigenvalue weighted by atomic mass is 10.1. The summed E-state index contributed by atoms with van der Waals surface area (Å²) in [6.45, 7) is -0.412. The van der Waals surface area contributed by atoms with Gasteiger partial charge in [-0.05, 0) is 18.2 Å². The van der Waals surface area contributed by atoms with Crippen molar-refractivity contribution in [2.45, 2.75) is 0 Å². The third-order valence-electron chi connectivity index (χ3n) is 4.01. The van der Waals surface area contributed by atoms with Crippen molar-refractivity contribution in [2.24, 2.45) is 0 Å². The number of hydrogen-bond donors (Lipinski definition) is 1. The summed E-state index contributed by atoms with van der Waals surface area (Å²) in [6.07, 6.45) is 1.55. The van der Waals surface area contributed by atoms with Crippen LogP contribution in [0.2, 0.25) is 0 Å². The lowest BCUT2D eigenvalue weighted by Gasteiger charge is -2.13. The molecule has 6 heteroatoms. The molecule has 2 aromatic carbocycles. The SMILES string of the molecule is O=C(OCN1C(=O)c2ccccc2C1=O)c1c[nH]c2ccccc12. The maximum Gasteiger partial charge on any atom is 0.342 e. The largest absolute Gasteiger partial charge is 0.440 e. The maximum absolute atomic E-state index is 12.3. The number of carbonyl (C=O) groups excluding carboxylic acids is 3. The van der Waals surface area contributed by atoms with Crippen molar-refractivity contribution in [3.63, 3.8) is 0 Å². The minimum absolute atomic E-state index is 0.325. The molecule has 1 aliphatic rings. The normalized spacial score (nSPS) is 13.4. The minimum Gasteiger partial charge on any atom is -0.440 e. The van der Waals surface area contributed by atoms with E-state index < -0.39 is 24.5 Å². The van der Waals surface area contributed by atoms with Crippen molar-refractivity contribution in [2.75, 3.05) is 6.73 Å². The minimum atomic E-state index is -0.594. The van der Waals surface area contributed by atoms with Gasteiger partial charge in [-0.15, -0.1) is 0 Å². The number of aromatic nitrogens is 1. The number of hydrogen-bond acceptors (Lipinski definition) is 4. The van der Waals surface area contributed by atoms with Crippen molar-refractivity contribution >= 4 is 28.7 Å². The number of nitrogens with zero attached hydrogens (tertiary/aromatic N) is 1. The first kappa shape index (κ1) is 14.2. The topological polar surface area (TPSA) is 79.5 Å². The van der Waals surface area contributed by atoms with Gasteiger partial charge in [-0.1, -0.05) is 30.3 Å². The first-order valence-electron chi connectivity index (χ1n) is 7.35. The second kappa shape index (κ2) is 5.34. The smallest absolute Gasteiger partial charge is 0.342 e. The van der Waals surface area contributed by atoms with E-state index in [4.69, 9.17) is 4.74 Å². The van der Waals surface area contributed by atoms with Crippen LogP contribution < -0.4 is 0 Å². The van der Waals surface area contributed by atoms with E-state index in [0.717, 1.165) is 15.8 Å². The summed E-state index contributed by atoms with van der Waals surface area (Å²) in [4.78, 5) is 40.6. The van der Waals surface area contributed by atoms with Crippen LogP contribution in [0, 0.1) is 0 Å². The molecule has 1 aliphatic heterocycles. The number of aromatic amines is 1. The third-order valence-corrected chi connectivity index (χ3v) is 4.01. The number of H-pyrrole nitrogens is 1. The van der Waals surface area contributed by atoms with Gasteiger partial charge in [0.1, 0.15) is 0 Å². The Hall–Kier alpha value is -3.41. The van der Waals surface area contributed by atoms with Crippen molar-refractivity contribution in [1.82, 2.24) is 9.88 Å². The van der Waals surface area contributed by atoms with Gasteiger partial charge in [0.05, 0.1) is 16.7 Å². The highest BCUT2D eigenvalue weighted by molar-refractivity contribution is 6.21. The Kier molecular flexibility index (Phi) is 3.16. The molecule has 2 heterocycles. The molecular weight excluding hydrogens is 308 g/mol. The second-order valence-electron chi connectivity index (χ2n) is 5.39. The number of ether oxygens (including phenoxy) is 1. The molecule has 1 N–H and O–H groups in total. The van der Waals surface area contributed by atoms with Gasteiger partial charge < -0.3 is 9.72 Å². The van der Waals surface area contributed by atoms with Crippen LogP contribution in [0.15, 0.2) is 54.7 Å². The molecule has 0 bridgehead atoms. The Morgan fingerprint density at radius 1 is 0.958 bits per heavy atom. The summed E-state index contributed by atoms with van der Waals surface area (Å²) < 4.78 is 5.18. The van der Waals surface area contributed by atoms with Crippen LogP contribution in [0.5, 0.6) is 0 Å². The van der Waals surface area contributed by atoms with Crippen molar-refractivity contribution in [1.29, 1.82) is 0 Å². The highest BCUT2D eigenvalue weighted by atomic mass is 16.5. The van der Waals surface area contributed by atoms with Gasteiger partial charge in [0, 0.05) is 17.1 Å². The van der Waals surface area contributed by atoms with Crippen LogP contribution in [-0.2, 0) is 4.74 Å². The van der Waals surface area contributed by atoms with E-state index >= 15 is 0 Å². The lowest BCUT2D eigenvalue weighted by molar-refractivity contribution is 0.0230. The van der Waals surface area contributed by atoms with Crippen molar-refractivity contribution in [3.8, 4) is 0 Å². The predicted octanol–water partition coefficient (Wildman–Crippen LogP) is 2.58. The van der Waals surface area contributed by atoms with Crippen LogP contribution in [0.1, 0.15) is 31.1 Å². The second-order valence-corrected chi connectivity index (χ2v) is 5.39. The number of nitrogens with one attached hydrogen (secondary N) is 1. The Labute approximate surface area is 136 Å². The lowest BCUT2D eigenvalue weighted by Crippen LogP contribution is -2.33. The van der Waals surface area contributed by atoms with E-state index in [1.54, 1.807) is 36.5 Å². The Balaban J connectivity index is 1.53. The van der Waals surface area contributed by atoms with E-state index in [9.17, 15) is 14.4 Å². The van der Waals surface area contributed by atoms with E-state index in [1.165, 1.54) is 0 Å². The molecule has 0 saturated carbocycles. The molecule has 6 nitrogen and oxygen atoms in total. The maximum atomic E-state index is 12.3. The Morgan fingerprint density at radius 3 is 2.29 bits per heavy atom. The molecule has 0 atom stereocenters. The highest BCUT2D eigenvalue weighted by Crippen LogP contribution is 2.23. The van der Waals surface area contributed by atoms with Crippen molar-refractivity contribution < 1.29 is 19.1 Å². The summed E-state index contributed by atoms with van der Waals surface area (Å²) in [7, 11) is 0. The van der Waals surface area contributed by atoms with Crippen molar-refractivity contribution in [3.05, 3.63) is 71.4 Å². The number of carbonyl (C=O) groups is 3. The van der Waals surface area contributed by atoms with Gasteiger partial charge in [-0.2, -0.15) is 0 Å². The van der Waals surface area contributed by atoms with Gasteiger partial charge in [0.2, 0.25) is 0 Å². The van der Waals surface area contributed by atoms with Crippen LogP contribution in [0.3, 0.4) is 0 Å². The zero-order chi connectivity index (χ0) is 16.7. The predicted molar refractivity (Wildman–Crippen MR) is 85.5 cm³/mol. The van der Waals surface area contributed by atoms with Gasteiger partial charge in [0.15, 0.2) is 6.73 Å². The number of imide groups is 1. The van der Waals surface area contributed by atoms with E-state index in [-0.39, 0.29) is 0 Å². The van der Waals surface area contributed by atoms with Crippen LogP contribution in [0.25, 0.3) is 10.9 Å². The summed E-state index contributed by atoms with van der Waals surface area (Å²) in [6, 6.07) is 13.8. The fourth-order valence-corrected chi connectivity index (χ4v) is 2.80. The van der Waals surface area contributed by atoms with Gasteiger partial charge >= 0.3 is 5.97 Å². The van der Waals surface area contributed by atoms with E-state index in [1.807, 2.05) is 18.2 Å². The molecule has 0 fully saturated rings. The number of amides is 2. The molecule has 3 aromatic rings. The fourth-order valence-electron chi connectivity index (χ4n) is 2.80. The average Bonchev–Trinajstić information content (AvgIpc) is 3.14. The Morgan fingerprint density at radius 2 is 1.58 bits per heavy atom. The molecular formula is C18H12N2O4. The molecule has 2 amide bonds. The molecule has 0 unspecified atom stereocenters. The van der Waals surface area contributed by atoms with Crippen LogP contribution in [-0.4, -0.2) is 34.4 Å². The number of fused-ring (bicyclic) bond motifs is 2. The fraction of sp³-hybridized carbons (Fsp3) is 0.0556.